The molecule has 0 bridgehead atoms. The van der Waals surface area contributed by atoms with E-state index in [0.29, 0.717) is 4.73 Å². The summed E-state index contributed by atoms with van der Waals surface area (Å²) in [6.07, 6.45) is 2.33. The maximum absolute atomic E-state index is 11.0. The fourth-order valence-electron chi connectivity index (χ4n) is 1.03. The van der Waals surface area contributed by atoms with Crippen LogP contribution in [-0.4, -0.2) is 11.5 Å². The van der Waals surface area contributed by atoms with Crippen molar-refractivity contribution >= 4 is 5.69 Å². The second kappa shape index (κ2) is 5.95. The third kappa shape index (κ3) is 3.70. The van der Waals surface area contributed by atoms with Crippen molar-refractivity contribution < 1.29 is 9.65 Å². The van der Waals surface area contributed by atoms with Crippen molar-refractivity contribution in [2.75, 3.05) is 6.54 Å². The van der Waals surface area contributed by atoms with Gasteiger partial charge in [0.2, 0.25) is 6.20 Å². The molecule has 0 aromatic carbocycles. The lowest BCUT2D eigenvalue weighted by atomic mass is 10.2. The molecule has 8 heteroatoms. The van der Waals surface area contributed by atoms with E-state index < -0.39 is 4.92 Å². The molecule has 1 heterocycles. The fourth-order valence-corrected chi connectivity index (χ4v) is 1.03. The average Bonchev–Trinajstić information content (AvgIpc) is 2.28. The molecule has 0 N–H and O–H groups in total. The summed E-state index contributed by atoms with van der Waals surface area (Å²) in [5, 5.41) is 24.8. The first-order valence-corrected chi connectivity index (χ1v) is 4.52. The summed E-state index contributed by atoms with van der Waals surface area (Å²) in [5.74, 6) is 5.09. The van der Waals surface area contributed by atoms with Gasteiger partial charge in [-0.2, -0.15) is 4.73 Å². The number of pyridine rings is 1. The normalized spacial score (nSPS) is 8.71. The molecule has 0 radical (unpaired) electrons. The Bertz CT molecular complexity index is 539. The summed E-state index contributed by atoms with van der Waals surface area (Å²) in [6.45, 7) is 0.182. The summed E-state index contributed by atoms with van der Waals surface area (Å²) in [5.41, 5.74) is 7.82. The van der Waals surface area contributed by atoms with Crippen LogP contribution in [-0.2, 0) is 0 Å². The molecule has 1 rings (SSSR count). The number of nitro groups is 1. The maximum atomic E-state index is 11.0. The number of nitrogens with zero attached hydrogens (tertiary/aromatic N) is 5. The van der Waals surface area contributed by atoms with Crippen LogP contribution in [0.2, 0.25) is 0 Å². The highest BCUT2D eigenvalue weighted by atomic mass is 16.6. The Hall–Kier alpha value is -2.78. The highest BCUT2D eigenvalue weighted by Gasteiger charge is 2.14. The Morgan fingerprint density at radius 2 is 2.41 bits per heavy atom. The van der Waals surface area contributed by atoms with Crippen molar-refractivity contribution in [1.82, 2.24) is 0 Å². The van der Waals surface area contributed by atoms with Crippen molar-refractivity contribution in [3.8, 4) is 11.8 Å². The monoisotopic (exact) mass is 233 g/mol. The van der Waals surface area contributed by atoms with E-state index in [2.05, 4.69) is 21.9 Å². The molecule has 0 fully saturated rings. The second-order valence-corrected chi connectivity index (χ2v) is 2.87. The zero-order chi connectivity index (χ0) is 12.7. The first-order valence-electron chi connectivity index (χ1n) is 4.52. The van der Waals surface area contributed by atoms with E-state index in [9.17, 15) is 15.3 Å². The van der Waals surface area contributed by atoms with E-state index >= 15 is 0 Å². The Balaban J connectivity index is 2.91. The largest absolute Gasteiger partial charge is 0.619 e. The first kappa shape index (κ1) is 12.3. The van der Waals surface area contributed by atoms with Gasteiger partial charge in [0.15, 0.2) is 11.8 Å². The summed E-state index contributed by atoms with van der Waals surface area (Å²) in [4.78, 5) is 12.5. The van der Waals surface area contributed by atoms with Crippen molar-refractivity contribution in [2.24, 2.45) is 5.11 Å². The van der Waals surface area contributed by atoms with Gasteiger partial charge in [0, 0.05) is 17.9 Å². The molecule has 1 aromatic rings. The fraction of sp³-hybridized carbons (Fsp3) is 0.222. The summed E-state index contributed by atoms with van der Waals surface area (Å²) >= 11 is 0. The predicted octanol–water partition coefficient (Wildman–Crippen LogP) is 1.28. The topological polar surface area (TPSA) is 119 Å². The first-order chi connectivity index (χ1) is 8.15. The van der Waals surface area contributed by atoms with Crippen LogP contribution in [0.5, 0.6) is 0 Å². The lowest BCUT2D eigenvalue weighted by molar-refractivity contribution is -0.606. The van der Waals surface area contributed by atoms with E-state index in [4.69, 9.17) is 5.53 Å². The van der Waals surface area contributed by atoms with Crippen molar-refractivity contribution in [3.63, 3.8) is 0 Å². The molecular formula is C9H7N5O3. The van der Waals surface area contributed by atoms with Gasteiger partial charge >= 0.3 is 0 Å². The van der Waals surface area contributed by atoms with E-state index in [1.54, 1.807) is 0 Å². The van der Waals surface area contributed by atoms with Gasteiger partial charge < -0.3 is 5.21 Å². The van der Waals surface area contributed by atoms with Crippen molar-refractivity contribution in [1.29, 1.82) is 0 Å². The highest BCUT2D eigenvalue weighted by molar-refractivity contribution is 5.47. The van der Waals surface area contributed by atoms with Gasteiger partial charge in [-0.05, 0) is 5.53 Å². The molecule has 0 atom stereocenters. The van der Waals surface area contributed by atoms with Gasteiger partial charge in [-0.1, -0.05) is 17.0 Å². The van der Waals surface area contributed by atoms with Crippen LogP contribution in [0, 0.1) is 27.2 Å². The second-order valence-electron chi connectivity index (χ2n) is 2.87. The number of hydrogen-bond donors (Lipinski definition) is 0. The molecule has 0 unspecified atom stereocenters. The van der Waals surface area contributed by atoms with Crippen LogP contribution in [0.4, 0.5) is 5.69 Å². The van der Waals surface area contributed by atoms with E-state index in [0.717, 1.165) is 18.5 Å². The third-order valence-electron chi connectivity index (χ3n) is 1.73. The molecule has 0 amide bonds. The highest BCUT2D eigenvalue weighted by Crippen LogP contribution is 2.13. The van der Waals surface area contributed by atoms with E-state index in [1.807, 2.05) is 0 Å². The molecule has 86 valence electrons. The molecule has 0 saturated heterocycles. The lowest BCUT2D eigenvalue weighted by Crippen LogP contribution is -2.25. The minimum absolute atomic E-state index is 0.0356. The Morgan fingerprint density at radius 1 is 1.65 bits per heavy atom. The van der Waals surface area contributed by atoms with Crippen LogP contribution in [0.3, 0.4) is 0 Å². The van der Waals surface area contributed by atoms with Crippen LogP contribution in [0.15, 0.2) is 23.6 Å². The summed E-state index contributed by atoms with van der Waals surface area (Å²) in [7, 11) is 0. The molecule has 1 aromatic heterocycles. The maximum Gasteiger partial charge on any atom is 0.297 e. The SMILES string of the molecule is [N-]=[N+]=NCCC#Cc1c[n+]([O-])ccc1[N+](=O)[O-]. The number of azide groups is 1. The van der Waals surface area contributed by atoms with Gasteiger partial charge in [-0.25, -0.2) is 0 Å². The number of aromatic nitrogens is 1. The van der Waals surface area contributed by atoms with Crippen molar-refractivity contribution in [2.45, 2.75) is 6.42 Å². The minimum Gasteiger partial charge on any atom is -0.619 e. The predicted molar refractivity (Wildman–Crippen MR) is 57.6 cm³/mol. The molecular weight excluding hydrogens is 226 g/mol. The van der Waals surface area contributed by atoms with Crippen LogP contribution >= 0.6 is 0 Å². The average molecular weight is 233 g/mol. The number of rotatable bonds is 3. The standard InChI is InChI=1S/C9H7N5O3/c10-12-11-5-2-1-3-8-7-13(15)6-4-9(8)14(16)17/h4,6-7H,2,5H2. The van der Waals surface area contributed by atoms with Crippen LogP contribution in [0.25, 0.3) is 10.4 Å². The minimum atomic E-state index is -0.614. The molecule has 0 spiro atoms. The summed E-state index contributed by atoms with van der Waals surface area (Å²) < 4.78 is 0.435. The lowest BCUT2D eigenvalue weighted by Gasteiger charge is -1.96. The third-order valence-corrected chi connectivity index (χ3v) is 1.73. The van der Waals surface area contributed by atoms with E-state index in [-0.39, 0.29) is 24.2 Å². The van der Waals surface area contributed by atoms with E-state index in [1.165, 1.54) is 0 Å². The molecule has 0 aliphatic carbocycles. The zero-order valence-electron chi connectivity index (χ0n) is 8.61. The van der Waals surface area contributed by atoms with Gasteiger partial charge in [-0.15, -0.1) is 0 Å². The molecule has 8 nitrogen and oxygen atoms in total. The summed E-state index contributed by atoms with van der Waals surface area (Å²) in [6, 6.07) is 1.09. The molecule has 0 aliphatic rings. The molecule has 0 aliphatic heterocycles. The van der Waals surface area contributed by atoms with Gasteiger partial charge in [0.05, 0.1) is 11.0 Å². The van der Waals surface area contributed by atoms with Gasteiger partial charge in [0.1, 0.15) is 0 Å². The Morgan fingerprint density at radius 3 is 3.06 bits per heavy atom. The quantitative estimate of drug-likeness (QED) is 0.0899. The van der Waals surface area contributed by atoms with Crippen LogP contribution in [0.1, 0.15) is 12.0 Å². The smallest absolute Gasteiger partial charge is 0.297 e. The molecule has 0 saturated carbocycles. The number of hydrogen-bond acceptors (Lipinski definition) is 4. The Labute approximate surface area is 95.9 Å². The Kier molecular flexibility index (Phi) is 4.30. The van der Waals surface area contributed by atoms with Gasteiger partial charge in [-0.3, -0.25) is 10.1 Å². The zero-order valence-corrected chi connectivity index (χ0v) is 8.61. The van der Waals surface area contributed by atoms with Crippen LogP contribution < -0.4 is 4.73 Å². The van der Waals surface area contributed by atoms with Gasteiger partial charge in [0.25, 0.3) is 5.69 Å². The van der Waals surface area contributed by atoms with Crippen molar-refractivity contribution in [3.05, 3.63) is 49.8 Å². The molecule has 17 heavy (non-hydrogen) atoms.